The minimum absolute atomic E-state index is 0.00622. The van der Waals surface area contributed by atoms with Crippen molar-refractivity contribution < 1.29 is 9.59 Å². The van der Waals surface area contributed by atoms with Crippen LogP contribution in [0.15, 0.2) is 24.3 Å². The number of anilines is 1. The van der Waals surface area contributed by atoms with Gasteiger partial charge in [-0.1, -0.05) is 19.1 Å². The number of nitrogens with one attached hydrogen (secondary N) is 2. The minimum atomic E-state index is -0.0860. The molecule has 0 aliphatic carbocycles. The van der Waals surface area contributed by atoms with Gasteiger partial charge in [0.2, 0.25) is 5.91 Å². The van der Waals surface area contributed by atoms with E-state index in [2.05, 4.69) is 22.6 Å². The van der Waals surface area contributed by atoms with Gasteiger partial charge in [0.25, 0.3) is 0 Å². The van der Waals surface area contributed by atoms with Gasteiger partial charge in [-0.3, -0.25) is 4.79 Å². The van der Waals surface area contributed by atoms with E-state index in [1.54, 1.807) is 4.90 Å². The van der Waals surface area contributed by atoms with Crippen LogP contribution in [0.25, 0.3) is 0 Å². The molecule has 1 aliphatic rings. The highest BCUT2D eigenvalue weighted by Crippen LogP contribution is 2.18. The Balaban J connectivity index is 1.84. The number of likely N-dealkylation sites (tertiary alicyclic amines) is 1. The van der Waals surface area contributed by atoms with Crippen LogP contribution in [-0.2, 0) is 4.79 Å². The van der Waals surface area contributed by atoms with Gasteiger partial charge in [0.15, 0.2) is 0 Å². The van der Waals surface area contributed by atoms with Crippen LogP contribution in [0.5, 0.6) is 0 Å². The Morgan fingerprint density at radius 3 is 2.56 bits per heavy atom. The van der Waals surface area contributed by atoms with Gasteiger partial charge in [-0.15, -0.1) is 0 Å². The molecule has 1 heterocycles. The zero-order valence-corrected chi connectivity index (χ0v) is 15.7. The van der Waals surface area contributed by atoms with Crippen LogP contribution >= 0.6 is 0 Å². The molecule has 1 aliphatic heterocycles. The first-order valence-corrected chi connectivity index (χ1v) is 8.99. The summed E-state index contributed by atoms with van der Waals surface area (Å²) in [6, 6.07) is 7.46. The number of amides is 3. The second-order valence-electron chi connectivity index (χ2n) is 6.99. The molecule has 6 nitrogen and oxygen atoms in total. The van der Waals surface area contributed by atoms with Crippen LogP contribution in [0.1, 0.15) is 38.3 Å². The highest BCUT2D eigenvalue weighted by Gasteiger charge is 2.23. The van der Waals surface area contributed by atoms with E-state index in [1.165, 1.54) is 0 Å². The molecule has 0 radical (unpaired) electrons. The number of hydrogen-bond donors (Lipinski definition) is 2. The summed E-state index contributed by atoms with van der Waals surface area (Å²) in [5.41, 5.74) is 1.79. The molecular weight excluding hydrogens is 316 g/mol. The van der Waals surface area contributed by atoms with Crippen molar-refractivity contribution in [1.82, 2.24) is 15.1 Å². The topological polar surface area (TPSA) is 64.7 Å². The Hall–Kier alpha value is -2.08. The molecule has 0 unspecified atom stereocenters. The van der Waals surface area contributed by atoms with Crippen molar-refractivity contribution in [1.29, 1.82) is 0 Å². The van der Waals surface area contributed by atoms with Crippen LogP contribution < -0.4 is 10.6 Å². The SMILES string of the molecule is CCC(=O)Nc1ccc([C@H](C)NC(=O)N(C)C[C@H]2CCN(C)C2)cc1. The number of nitrogens with zero attached hydrogens (tertiary/aromatic N) is 2. The maximum absolute atomic E-state index is 12.4. The van der Waals surface area contributed by atoms with Gasteiger partial charge >= 0.3 is 6.03 Å². The number of rotatable bonds is 6. The third-order valence-corrected chi connectivity index (χ3v) is 4.72. The molecule has 3 amide bonds. The van der Waals surface area contributed by atoms with Crippen molar-refractivity contribution in [3.8, 4) is 0 Å². The first-order chi connectivity index (χ1) is 11.9. The molecule has 0 spiro atoms. The van der Waals surface area contributed by atoms with Gasteiger partial charge in [0.1, 0.15) is 0 Å². The number of carbonyl (C=O) groups is 2. The molecular formula is C19H30N4O2. The average Bonchev–Trinajstić information content (AvgIpc) is 3.00. The van der Waals surface area contributed by atoms with E-state index in [-0.39, 0.29) is 18.0 Å². The van der Waals surface area contributed by atoms with E-state index >= 15 is 0 Å². The molecule has 2 N–H and O–H groups in total. The van der Waals surface area contributed by atoms with E-state index in [0.717, 1.165) is 37.3 Å². The first-order valence-electron chi connectivity index (χ1n) is 8.99. The van der Waals surface area contributed by atoms with Crippen LogP contribution in [-0.4, -0.2) is 55.5 Å². The second-order valence-corrected chi connectivity index (χ2v) is 6.99. The largest absolute Gasteiger partial charge is 0.331 e. The summed E-state index contributed by atoms with van der Waals surface area (Å²) < 4.78 is 0. The molecule has 2 rings (SSSR count). The predicted octanol–water partition coefficient (Wildman–Crippen LogP) is 2.69. The molecule has 0 bridgehead atoms. The Kier molecular flexibility index (Phi) is 6.82. The maximum Gasteiger partial charge on any atom is 0.317 e. The van der Waals surface area contributed by atoms with Crippen LogP contribution in [0.3, 0.4) is 0 Å². The summed E-state index contributed by atoms with van der Waals surface area (Å²) in [6.45, 7) is 6.73. The molecule has 0 aromatic heterocycles. The van der Waals surface area contributed by atoms with E-state index in [0.29, 0.717) is 12.3 Å². The standard InChI is InChI=1S/C19H30N4O2/c1-5-18(24)21-17-8-6-16(7-9-17)14(2)20-19(25)23(4)13-15-10-11-22(3)12-15/h6-9,14-15H,5,10-13H2,1-4H3,(H,20,25)(H,21,24)/t14-,15-/m0/s1. The van der Waals surface area contributed by atoms with E-state index < -0.39 is 0 Å². The lowest BCUT2D eigenvalue weighted by Crippen LogP contribution is -2.41. The Labute approximate surface area is 150 Å². The quantitative estimate of drug-likeness (QED) is 0.832. The van der Waals surface area contributed by atoms with Crippen molar-refractivity contribution in [2.75, 3.05) is 39.0 Å². The zero-order chi connectivity index (χ0) is 18.4. The molecule has 1 aromatic rings. The number of urea groups is 1. The van der Waals surface area contributed by atoms with Crippen LogP contribution in [0.2, 0.25) is 0 Å². The highest BCUT2D eigenvalue weighted by molar-refractivity contribution is 5.90. The predicted molar refractivity (Wildman–Crippen MR) is 101 cm³/mol. The lowest BCUT2D eigenvalue weighted by molar-refractivity contribution is -0.115. The van der Waals surface area contributed by atoms with Crippen LogP contribution in [0.4, 0.5) is 10.5 Å². The monoisotopic (exact) mass is 346 g/mol. The Morgan fingerprint density at radius 2 is 2.00 bits per heavy atom. The lowest BCUT2D eigenvalue weighted by atomic mass is 10.1. The average molecular weight is 346 g/mol. The van der Waals surface area contributed by atoms with E-state index in [4.69, 9.17) is 0 Å². The summed E-state index contributed by atoms with van der Waals surface area (Å²) in [5.74, 6) is 0.547. The molecule has 1 aromatic carbocycles. The van der Waals surface area contributed by atoms with Gasteiger partial charge in [0.05, 0.1) is 6.04 Å². The summed E-state index contributed by atoms with van der Waals surface area (Å²) in [5, 5.41) is 5.86. The highest BCUT2D eigenvalue weighted by atomic mass is 16.2. The van der Waals surface area contributed by atoms with Gasteiger partial charge < -0.3 is 20.4 Å². The van der Waals surface area contributed by atoms with Crippen molar-refractivity contribution in [3.63, 3.8) is 0 Å². The first kappa shape index (κ1) is 19.2. The zero-order valence-electron chi connectivity index (χ0n) is 15.7. The van der Waals surface area contributed by atoms with Crippen molar-refractivity contribution in [2.45, 2.75) is 32.7 Å². The summed E-state index contributed by atoms with van der Waals surface area (Å²) in [4.78, 5) is 27.9. The molecule has 1 saturated heterocycles. The fourth-order valence-electron chi connectivity index (χ4n) is 3.13. The van der Waals surface area contributed by atoms with Gasteiger partial charge in [-0.25, -0.2) is 4.79 Å². The molecule has 138 valence electrons. The minimum Gasteiger partial charge on any atom is -0.331 e. The van der Waals surface area contributed by atoms with Gasteiger partial charge in [-0.2, -0.15) is 0 Å². The molecule has 2 atom stereocenters. The van der Waals surface area contributed by atoms with Crippen molar-refractivity contribution in [3.05, 3.63) is 29.8 Å². The Morgan fingerprint density at radius 1 is 1.32 bits per heavy atom. The molecule has 1 fully saturated rings. The fourth-order valence-corrected chi connectivity index (χ4v) is 3.13. The fraction of sp³-hybridized carbons (Fsp3) is 0.579. The third kappa shape index (κ3) is 5.74. The van der Waals surface area contributed by atoms with Crippen molar-refractivity contribution in [2.24, 2.45) is 5.92 Å². The lowest BCUT2D eigenvalue weighted by Gasteiger charge is -2.24. The number of hydrogen-bond acceptors (Lipinski definition) is 3. The summed E-state index contributed by atoms with van der Waals surface area (Å²) >= 11 is 0. The molecule has 25 heavy (non-hydrogen) atoms. The number of benzene rings is 1. The summed E-state index contributed by atoms with van der Waals surface area (Å²) in [6.07, 6.45) is 1.60. The van der Waals surface area contributed by atoms with E-state index in [9.17, 15) is 9.59 Å². The van der Waals surface area contributed by atoms with E-state index in [1.807, 2.05) is 45.2 Å². The molecule has 6 heteroatoms. The molecule has 0 saturated carbocycles. The van der Waals surface area contributed by atoms with Crippen LogP contribution in [0, 0.1) is 5.92 Å². The second kappa shape index (κ2) is 8.85. The Bertz CT molecular complexity index is 588. The third-order valence-electron chi connectivity index (χ3n) is 4.72. The normalized spacial score (nSPS) is 18.6. The summed E-state index contributed by atoms with van der Waals surface area (Å²) in [7, 11) is 3.97. The van der Waals surface area contributed by atoms with Crippen molar-refractivity contribution >= 4 is 17.6 Å². The van der Waals surface area contributed by atoms with Gasteiger partial charge in [-0.05, 0) is 50.6 Å². The maximum atomic E-state index is 12.4. The number of carbonyl (C=O) groups excluding carboxylic acids is 2. The smallest absolute Gasteiger partial charge is 0.317 e. The van der Waals surface area contributed by atoms with Gasteiger partial charge in [0, 0.05) is 32.2 Å².